The van der Waals surface area contributed by atoms with Gasteiger partial charge >= 0.3 is 0 Å². The van der Waals surface area contributed by atoms with Crippen molar-refractivity contribution in [3.63, 3.8) is 0 Å². The largest absolute Gasteiger partial charge is 0.374 e. The van der Waals surface area contributed by atoms with Crippen LogP contribution in [0.15, 0.2) is 18.2 Å². The van der Waals surface area contributed by atoms with Crippen molar-refractivity contribution in [2.24, 2.45) is 0 Å². The fourth-order valence-electron chi connectivity index (χ4n) is 1.26. The van der Waals surface area contributed by atoms with Gasteiger partial charge in [-0.3, -0.25) is 4.79 Å². The quantitative estimate of drug-likeness (QED) is 0.719. The number of ether oxygens (including phenoxy) is 1. The molecule has 0 aromatic heterocycles. The van der Waals surface area contributed by atoms with Crippen LogP contribution in [0.2, 0.25) is 5.02 Å². The Kier molecular flexibility index (Phi) is 5.43. The molecule has 0 saturated heterocycles. The molecule has 16 heavy (non-hydrogen) atoms. The number of hydrogen-bond donors (Lipinski definition) is 0. The van der Waals surface area contributed by atoms with Gasteiger partial charge in [-0.05, 0) is 24.1 Å². The summed E-state index contributed by atoms with van der Waals surface area (Å²) in [7, 11) is 0. The predicted molar refractivity (Wildman–Crippen MR) is 61.2 cm³/mol. The second-order valence-corrected chi connectivity index (χ2v) is 3.92. The first-order valence-electron chi connectivity index (χ1n) is 5.17. The van der Waals surface area contributed by atoms with E-state index in [2.05, 4.69) is 0 Å². The van der Waals surface area contributed by atoms with Crippen LogP contribution >= 0.6 is 11.6 Å². The van der Waals surface area contributed by atoms with Crippen molar-refractivity contribution in [3.8, 4) is 0 Å². The first kappa shape index (κ1) is 13.1. The summed E-state index contributed by atoms with van der Waals surface area (Å²) < 4.78 is 18.0. The SMILES string of the molecule is CCCOCC(=O)Cc1ccc(F)c(Cl)c1. The molecule has 0 heterocycles. The fourth-order valence-corrected chi connectivity index (χ4v) is 1.46. The normalized spacial score (nSPS) is 10.4. The molecular weight excluding hydrogens is 231 g/mol. The van der Waals surface area contributed by atoms with Crippen molar-refractivity contribution >= 4 is 17.4 Å². The van der Waals surface area contributed by atoms with Crippen LogP contribution < -0.4 is 0 Å². The van der Waals surface area contributed by atoms with Crippen molar-refractivity contribution in [1.82, 2.24) is 0 Å². The number of ketones is 1. The standard InChI is InChI=1S/C12H14ClFO2/c1-2-5-16-8-10(15)6-9-3-4-12(14)11(13)7-9/h3-4,7H,2,5-6,8H2,1H3. The van der Waals surface area contributed by atoms with Gasteiger partial charge in [0.1, 0.15) is 12.4 Å². The number of carbonyl (C=O) groups is 1. The summed E-state index contributed by atoms with van der Waals surface area (Å²) in [4.78, 5) is 11.4. The zero-order valence-electron chi connectivity index (χ0n) is 9.13. The van der Waals surface area contributed by atoms with Gasteiger partial charge in [0.05, 0.1) is 5.02 Å². The molecule has 0 unspecified atom stereocenters. The van der Waals surface area contributed by atoms with Gasteiger partial charge in [0, 0.05) is 13.0 Å². The number of benzene rings is 1. The molecule has 0 amide bonds. The Labute approximate surface area is 99.4 Å². The third-order valence-electron chi connectivity index (χ3n) is 2.00. The van der Waals surface area contributed by atoms with Gasteiger partial charge in [-0.2, -0.15) is 0 Å². The molecule has 0 fully saturated rings. The molecule has 0 spiro atoms. The van der Waals surface area contributed by atoms with E-state index >= 15 is 0 Å². The van der Waals surface area contributed by atoms with Crippen molar-refractivity contribution in [1.29, 1.82) is 0 Å². The molecule has 2 nitrogen and oxygen atoms in total. The molecule has 0 aliphatic rings. The van der Waals surface area contributed by atoms with Crippen molar-refractivity contribution < 1.29 is 13.9 Å². The van der Waals surface area contributed by atoms with E-state index < -0.39 is 5.82 Å². The molecule has 0 atom stereocenters. The molecule has 88 valence electrons. The Morgan fingerprint density at radius 3 is 2.88 bits per heavy atom. The second kappa shape index (κ2) is 6.61. The Morgan fingerprint density at radius 1 is 1.50 bits per heavy atom. The van der Waals surface area contributed by atoms with Crippen LogP contribution in [0.3, 0.4) is 0 Å². The van der Waals surface area contributed by atoms with Crippen molar-refractivity contribution in [2.45, 2.75) is 19.8 Å². The maximum Gasteiger partial charge on any atom is 0.162 e. The van der Waals surface area contributed by atoms with Crippen LogP contribution in [0.25, 0.3) is 0 Å². The Morgan fingerprint density at radius 2 is 2.25 bits per heavy atom. The highest BCUT2D eigenvalue weighted by Crippen LogP contribution is 2.16. The lowest BCUT2D eigenvalue weighted by atomic mass is 10.1. The van der Waals surface area contributed by atoms with Gasteiger partial charge in [-0.15, -0.1) is 0 Å². The average molecular weight is 245 g/mol. The molecule has 0 radical (unpaired) electrons. The zero-order valence-corrected chi connectivity index (χ0v) is 9.89. The van der Waals surface area contributed by atoms with Crippen molar-refractivity contribution in [2.75, 3.05) is 13.2 Å². The highest BCUT2D eigenvalue weighted by molar-refractivity contribution is 6.30. The van der Waals surface area contributed by atoms with E-state index in [0.717, 1.165) is 6.42 Å². The number of carbonyl (C=O) groups excluding carboxylic acids is 1. The molecule has 0 aliphatic heterocycles. The minimum atomic E-state index is -0.472. The predicted octanol–water partition coefficient (Wildman–Crippen LogP) is 3.02. The zero-order chi connectivity index (χ0) is 12.0. The summed E-state index contributed by atoms with van der Waals surface area (Å²) in [5.41, 5.74) is 0.705. The third-order valence-corrected chi connectivity index (χ3v) is 2.29. The summed E-state index contributed by atoms with van der Waals surface area (Å²) >= 11 is 5.61. The number of hydrogen-bond acceptors (Lipinski definition) is 2. The molecule has 0 bridgehead atoms. The van der Waals surface area contributed by atoms with Crippen LogP contribution in [-0.2, 0) is 16.0 Å². The van der Waals surface area contributed by atoms with Crippen LogP contribution in [-0.4, -0.2) is 19.0 Å². The van der Waals surface area contributed by atoms with Crippen LogP contribution in [0, 0.1) is 5.82 Å². The fraction of sp³-hybridized carbons (Fsp3) is 0.417. The van der Waals surface area contributed by atoms with Gasteiger partial charge in [0.25, 0.3) is 0 Å². The highest BCUT2D eigenvalue weighted by atomic mass is 35.5. The second-order valence-electron chi connectivity index (χ2n) is 3.52. The summed E-state index contributed by atoms with van der Waals surface area (Å²) in [6.07, 6.45) is 1.11. The molecule has 1 aromatic carbocycles. The highest BCUT2D eigenvalue weighted by Gasteiger charge is 2.06. The van der Waals surface area contributed by atoms with Crippen LogP contribution in [0.4, 0.5) is 4.39 Å². The topological polar surface area (TPSA) is 26.3 Å². The van der Waals surface area contributed by atoms with E-state index in [1.54, 1.807) is 6.07 Å². The lowest BCUT2D eigenvalue weighted by Gasteiger charge is -2.03. The van der Waals surface area contributed by atoms with Crippen LogP contribution in [0.5, 0.6) is 0 Å². The summed E-state index contributed by atoms with van der Waals surface area (Å²) in [5, 5.41) is 0.0415. The van der Waals surface area contributed by atoms with Gasteiger partial charge < -0.3 is 4.74 Å². The number of rotatable bonds is 6. The van der Waals surface area contributed by atoms with Gasteiger partial charge in [-0.1, -0.05) is 24.6 Å². The molecule has 0 N–H and O–H groups in total. The van der Waals surface area contributed by atoms with E-state index in [1.807, 2.05) is 6.92 Å². The van der Waals surface area contributed by atoms with E-state index in [4.69, 9.17) is 16.3 Å². The van der Waals surface area contributed by atoms with Crippen molar-refractivity contribution in [3.05, 3.63) is 34.6 Å². The minimum absolute atomic E-state index is 0.0314. The molecule has 0 aliphatic carbocycles. The van der Waals surface area contributed by atoms with E-state index in [9.17, 15) is 9.18 Å². The lowest BCUT2D eigenvalue weighted by molar-refractivity contribution is -0.122. The third kappa shape index (κ3) is 4.29. The van der Waals surface area contributed by atoms with Crippen LogP contribution in [0.1, 0.15) is 18.9 Å². The summed E-state index contributed by atoms with van der Waals surface area (Å²) in [5.74, 6) is -0.503. The monoisotopic (exact) mass is 244 g/mol. The lowest BCUT2D eigenvalue weighted by Crippen LogP contribution is -2.11. The Balaban J connectivity index is 2.46. The Bertz CT molecular complexity index is 366. The van der Waals surface area contributed by atoms with E-state index in [0.29, 0.717) is 12.2 Å². The molecule has 1 rings (SSSR count). The Hall–Kier alpha value is -0.930. The van der Waals surface area contributed by atoms with Gasteiger partial charge in [-0.25, -0.2) is 4.39 Å². The maximum absolute atomic E-state index is 12.8. The van der Waals surface area contributed by atoms with E-state index in [-0.39, 0.29) is 23.8 Å². The van der Waals surface area contributed by atoms with Gasteiger partial charge in [0.2, 0.25) is 0 Å². The van der Waals surface area contributed by atoms with Gasteiger partial charge in [0.15, 0.2) is 5.78 Å². The number of Topliss-reactive ketones (excluding diaryl/α,β-unsaturated/α-hetero) is 1. The van der Waals surface area contributed by atoms with E-state index in [1.165, 1.54) is 12.1 Å². The minimum Gasteiger partial charge on any atom is -0.374 e. The maximum atomic E-state index is 12.8. The molecule has 0 saturated carbocycles. The first-order valence-corrected chi connectivity index (χ1v) is 5.54. The number of halogens is 2. The average Bonchev–Trinajstić information content (AvgIpc) is 2.24. The molecule has 4 heteroatoms. The summed E-state index contributed by atoms with van der Waals surface area (Å²) in [6, 6.07) is 4.28. The molecular formula is C12H14ClFO2. The molecule has 1 aromatic rings. The summed E-state index contributed by atoms with van der Waals surface area (Å²) in [6.45, 7) is 2.66. The smallest absolute Gasteiger partial charge is 0.162 e. The first-order chi connectivity index (χ1) is 7.63.